The van der Waals surface area contributed by atoms with E-state index in [0.29, 0.717) is 5.92 Å². The van der Waals surface area contributed by atoms with Gasteiger partial charge >= 0.3 is 0 Å². The van der Waals surface area contributed by atoms with Gasteiger partial charge in [0.25, 0.3) is 0 Å². The van der Waals surface area contributed by atoms with Gasteiger partial charge in [-0.15, -0.1) is 0 Å². The quantitative estimate of drug-likeness (QED) is 0.789. The fourth-order valence-corrected chi connectivity index (χ4v) is 3.25. The topological polar surface area (TPSA) is 43.3 Å². The van der Waals surface area contributed by atoms with Gasteiger partial charge in [-0.25, -0.2) is 4.52 Å². The molecule has 3 nitrogen and oxygen atoms in total. The molecule has 20 heavy (non-hydrogen) atoms. The van der Waals surface area contributed by atoms with Crippen molar-refractivity contribution in [1.82, 2.24) is 9.61 Å². The molecule has 4 rings (SSSR count). The van der Waals surface area contributed by atoms with E-state index in [9.17, 15) is 0 Å². The lowest BCUT2D eigenvalue weighted by atomic mass is 9.74. The van der Waals surface area contributed by atoms with E-state index in [1.54, 1.807) is 0 Å². The number of nitrogens with zero attached hydrogens (tertiary/aromatic N) is 2. The molecule has 2 unspecified atom stereocenters. The number of pyridine rings is 1. The van der Waals surface area contributed by atoms with E-state index in [1.165, 1.54) is 11.1 Å². The lowest BCUT2D eigenvalue weighted by Gasteiger charge is -2.31. The van der Waals surface area contributed by atoms with Gasteiger partial charge in [0.15, 0.2) is 0 Å². The predicted molar refractivity (Wildman–Crippen MR) is 79.6 cm³/mol. The van der Waals surface area contributed by atoms with Gasteiger partial charge in [-0.05, 0) is 42.0 Å². The second-order valence-electron chi connectivity index (χ2n) is 5.57. The Morgan fingerprint density at radius 3 is 2.95 bits per heavy atom. The maximum Gasteiger partial charge on any atom is 0.0709 e. The second kappa shape index (κ2) is 4.46. The minimum atomic E-state index is 0.0493. The maximum atomic E-state index is 6.42. The Labute approximate surface area is 118 Å². The zero-order chi connectivity index (χ0) is 13.5. The monoisotopic (exact) mass is 263 g/mol. The Hall–Kier alpha value is -2.13. The average Bonchev–Trinajstić information content (AvgIpc) is 2.88. The van der Waals surface area contributed by atoms with Crippen LogP contribution >= 0.6 is 0 Å². The molecule has 0 fully saturated rings. The van der Waals surface area contributed by atoms with Crippen molar-refractivity contribution in [2.24, 2.45) is 5.73 Å². The fourth-order valence-electron chi connectivity index (χ4n) is 3.25. The van der Waals surface area contributed by atoms with Gasteiger partial charge < -0.3 is 5.73 Å². The zero-order valence-electron chi connectivity index (χ0n) is 11.2. The third kappa shape index (κ3) is 1.74. The Bertz CT molecular complexity index is 760. The molecule has 0 radical (unpaired) electrons. The number of hydrogen-bond acceptors (Lipinski definition) is 2. The van der Waals surface area contributed by atoms with Crippen molar-refractivity contribution in [1.29, 1.82) is 0 Å². The summed E-state index contributed by atoms with van der Waals surface area (Å²) >= 11 is 0. The summed E-state index contributed by atoms with van der Waals surface area (Å²) in [4.78, 5) is 0. The number of aromatic nitrogens is 2. The summed E-state index contributed by atoms with van der Waals surface area (Å²) in [6, 6.07) is 14.8. The molecule has 100 valence electrons. The first kappa shape index (κ1) is 11.7. The van der Waals surface area contributed by atoms with Crippen molar-refractivity contribution < 1.29 is 0 Å². The van der Waals surface area contributed by atoms with Gasteiger partial charge in [0.05, 0.1) is 11.7 Å². The Morgan fingerprint density at radius 1 is 1.20 bits per heavy atom. The maximum absolute atomic E-state index is 6.42. The minimum Gasteiger partial charge on any atom is -0.324 e. The molecule has 2 aromatic heterocycles. The van der Waals surface area contributed by atoms with Crippen molar-refractivity contribution in [3.8, 4) is 0 Å². The van der Waals surface area contributed by atoms with E-state index in [0.717, 1.165) is 23.9 Å². The first-order valence-electron chi connectivity index (χ1n) is 7.08. The third-order valence-electron chi connectivity index (χ3n) is 4.36. The Balaban J connectivity index is 1.58. The SMILES string of the molecule is NC(CC1Cc2ccccc21)c1cnn2ccccc12. The molecule has 0 amide bonds. The van der Waals surface area contributed by atoms with E-state index < -0.39 is 0 Å². The first-order valence-corrected chi connectivity index (χ1v) is 7.08. The van der Waals surface area contributed by atoms with Crippen LogP contribution in [0.3, 0.4) is 0 Å². The van der Waals surface area contributed by atoms with Crippen molar-refractivity contribution >= 4 is 5.52 Å². The van der Waals surface area contributed by atoms with Crippen LogP contribution in [0.1, 0.15) is 35.1 Å². The molecule has 3 aromatic rings. The van der Waals surface area contributed by atoms with Crippen LogP contribution < -0.4 is 5.73 Å². The molecular formula is C17H17N3. The van der Waals surface area contributed by atoms with Crippen molar-refractivity contribution in [3.63, 3.8) is 0 Å². The van der Waals surface area contributed by atoms with Gasteiger partial charge in [0.2, 0.25) is 0 Å². The summed E-state index contributed by atoms with van der Waals surface area (Å²) in [6.07, 6.45) is 6.02. The van der Waals surface area contributed by atoms with E-state index in [1.807, 2.05) is 29.0 Å². The van der Waals surface area contributed by atoms with Crippen molar-refractivity contribution in [2.45, 2.75) is 24.8 Å². The number of fused-ring (bicyclic) bond motifs is 2. The van der Waals surface area contributed by atoms with Crippen LogP contribution in [0.2, 0.25) is 0 Å². The summed E-state index contributed by atoms with van der Waals surface area (Å²) in [5, 5.41) is 4.37. The molecule has 0 aliphatic heterocycles. The number of hydrogen-bond donors (Lipinski definition) is 1. The van der Waals surface area contributed by atoms with Gasteiger partial charge in [-0.3, -0.25) is 0 Å². The molecule has 0 saturated carbocycles. The summed E-state index contributed by atoms with van der Waals surface area (Å²) in [7, 11) is 0. The lowest BCUT2D eigenvalue weighted by Crippen LogP contribution is -2.22. The minimum absolute atomic E-state index is 0.0493. The Morgan fingerprint density at radius 2 is 2.05 bits per heavy atom. The molecule has 2 heterocycles. The van der Waals surface area contributed by atoms with Crippen LogP contribution in [0.4, 0.5) is 0 Å². The summed E-state index contributed by atoms with van der Waals surface area (Å²) < 4.78 is 1.89. The molecular weight excluding hydrogens is 246 g/mol. The zero-order valence-corrected chi connectivity index (χ0v) is 11.2. The third-order valence-corrected chi connectivity index (χ3v) is 4.36. The van der Waals surface area contributed by atoms with Gasteiger partial charge in [-0.2, -0.15) is 5.10 Å². The van der Waals surface area contributed by atoms with Gasteiger partial charge in [0, 0.05) is 17.8 Å². The standard InChI is InChI=1S/C17H17N3/c18-16(10-13-9-12-5-1-2-6-14(12)13)15-11-19-20-8-4-3-7-17(15)20/h1-8,11,13,16H,9-10,18H2. The van der Waals surface area contributed by atoms with Crippen molar-refractivity contribution in [2.75, 3.05) is 0 Å². The highest BCUT2D eigenvalue weighted by atomic mass is 15.2. The van der Waals surface area contributed by atoms with E-state index in [4.69, 9.17) is 5.73 Å². The summed E-state index contributed by atoms with van der Waals surface area (Å²) in [6.45, 7) is 0. The lowest BCUT2D eigenvalue weighted by molar-refractivity contribution is 0.500. The van der Waals surface area contributed by atoms with Crippen LogP contribution in [-0.4, -0.2) is 9.61 Å². The highest BCUT2D eigenvalue weighted by Gasteiger charge is 2.28. The number of benzene rings is 1. The fraction of sp³-hybridized carbons (Fsp3) is 0.235. The molecule has 1 aromatic carbocycles. The van der Waals surface area contributed by atoms with Crippen LogP contribution in [0, 0.1) is 0 Å². The average molecular weight is 263 g/mol. The molecule has 0 bridgehead atoms. The molecule has 1 aliphatic carbocycles. The van der Waals surface area contributed by atoms with E-state index in [-0.39, 0.29) is 6.04 Å². The highest BCUT2D eigenvalue weighted by Crippen LogP contribution is 2.40. The van der Waals surface area contributed by atoms with Gasteiger partial charge in [0.1, 0.15) is 0 Å². The van der Waals surface area contributed by atoms with Crippen molar-refractivity contribution in [3.05, 3.63) is 71.5 Å². The van der Waals surface area contributed by atoms with E-state index >= 15 is 0 Å². The van der Waals surface area contributed by atoms with Crippen LogP contribution in [0.15, 0.2) is 54.9 Å². The summed E-state index contributed by atoms with van der Waals surface area (Å²) in [5.74, 6) is 0.597. The van der Waals surface area contributed by atoms with Gasteiger partial charge in [-0.1, -0.05) is 30.3 Å². The van der Waals surface area contributed by atoms with E-state index in [2.05, 4.69) is 35.4 Å². The molecule has 3 heteroatoms. The molecule has 2 atom stereocenters. The normalized spacial score (nSPS) is 18.6. The smallest absolute Gasteiger partial charge is 0.0709 e. The summed E-state index contributed by atoms with van der Waals surface area (Å²) in [5.41, 5.74) is 11.6. The molecule has 0 spiro atoms. The number of nitrogens with two attached hydrogens (primary N) is 1. The number of rotatable bonds is 3. The molecule has 1 aliphatic rings. The Kier molecular flexibility index (Phi) is 2.60. The highest BCUT2D eigenvalue weighted by molar-refractivity contribution is 5.55. The predicted octanol–water partition coefficient (Wildman–Crippen LogP) is 3.06. The van der Waals surface area contributed by atoms with Crippen LogP contribution in [-0.2, 0) is 6.42 Å². The first-order chi connectivity index (χ1) is 9.83. The van der Waals surface area contributed by atoms with Crippen LogP contribution in [0.25, 0.3) is 5.52 Å². The molecule has 2 N–H and O–H groups in total. The second-order valence-corrected chi connectivity index (χ2v) is 5.57. The van der Waals surface area contributed by atoms with Crippen LogP contribution in [0.5, 0.6) is 0 Å². The molecule has 0 saturated heterocycles. The largest absolute Gasteiger partial charge is 0.324 e.